The zero-order chi connectivity index (χ0) is 8.58. The number of aliphatic carboxylic acids is 1. The highest BCUT2D eigenvalue weighted by Gasteiger charge is 2.48. The van der Waals surface area contributed by atoms with Crippen LogP contribution >= 0.6 is 0 Å². The average Bonchev–Trinajstić information content (AvgIpc) is 1.62. The van der Waals surface area contributed by atoms with Crippen molar-refractivity contribution in [3.63, 3.8) is 0 Å². The van der Waals surface area contributed by atoms with E-state index in [1.54, 1.807) is 0 Å². The molecule has 0 saturated carbocycles. The first-order valence-corrected chi connectivity index (χ1v) is 2.48. The van der Waals surface area contributed by atoms with Crippen LogP contribution in [0.15, 0.2) is 0 Å². The van der Waals surface area contributed by atoms with E-state index in [1.807, 2.05) is 0 Å². The first-order valence-electron chi connectivity index (χ1n) is 2.48. The number of carboxylic acid groups (broad SMARTS) is 1. The molecule has 5 heteroatoms. The highest BCUT2D eigenvalue weighted by molar-refractivity contribution is 5.72. The molecule has 0 aromatic carbocycles. The standard InChI is InChI=1S/C5H7F3O2/c1-4(2,3(9)10)5(6,7)8/h1-2H3,(H,9,10)/p-1. The third-order valence-corrected chi connectivity index (χ3v) is 1.22. The summed E-state index contributed by atoms with van der Waals surface area (Å²) in [6.45, 7) is 1.12. The van der Waals surface area contributed by atoms with E-state index >= 15 is 0 Å². The number of carboxylic acids is 1. The predicted octanol–water partition coefficient (Wildman–Crippen LogP) is 0.325. The summed E-state index contributed by atoms with van der Waals surface area (Å²) >= 11 is 0. The molecule has 0 unspecified atom stereocenters. The maximum absolute atomic E-state index is 11.7. The van der Waals surface area contributed by atoms with Crippen LogP contribution in [0.1, 0.15) is 13.8 Å². The van der Waals surface area contributed by atoms with Gasteiger partial charge < -0.3 is 9.90 Å². The quantitative estimate of drug-likeness (QED) is 0.547. The predicted molar refractivity (Wildman–Crippen MR) is 24.8 cm³/mol. The van der Waals surface area contributed by atoms with Crippen molar-refractivity contribution in [2.24, 2.45) is 5.41 Å². The minimum Gasteiger partial charge on any atom is -0.549 e. The lowest BCUT2D eigenvalue weighted by molar-refractivity contribution is -0.338. The van der Waals surface area contributed by atoms with Crippen LogP contribution in [0.3, 0.4) is 0 Å². The number of hydrogen-bond donors (Lipinski definition) is 0. The minimum absolute atomic E-state index is 0.558. The summed E-state index contributed by atoms with van der Waals surface area (Å²) in [6.07, 6.45) is -4.74. The molecule has 10 heavy (non-hydrogen) atoms. The van der Waals surface area contributed by atoms with Gasteiger partial charge in [0.1, 0.15) is 0 Å². The summed E-state index contributed by atoms with van der Waals surface area (Å²) in [5.41, 5.74) is -2.76. The summed E-state index contributed by atoms with van der Waals surface area (Å²) in [5.74, 6) is -2.11. The third-order valence-electron chi connectivity index (χ3n) is 1.22. The summed E-state index contributed by atoms with van der Waals surface area (Å²) in [6, 6.07) is 0. The van der Waals surface area contributed by atoms with Crippen LogP contribution in [0.2, 0.25) is 0 Å². The lowest BCUT2D eigenvalue weighted by Crippen LogP contribution is -2.47. The number of halogens is 3. The van der Waals surface area contributed by atoms with E-state index < -0.39 is 17.6 Å². The van der Waals surface area contributed by atoms with Crippen LogP contribution in [0.4, 0.5) is 13.2 Å². The maximum atomic E-state index is 11.7. The summed E-state index contributed by atoms with van der Waals surface area (Å²) in [5, 5.41) is 9.84. The van der Waals surface area contributed by atoms with Gasteiger partial charge in [-0.25, -0.2) is 0 Å². The summed E-state index contributed by atoms with van der Waals surface area (Å²) in [4.78, 5) is 9.84. The smallest absolute Gasteiger partial charge is 0.399 e. The van der Waals surface area contributed by atoms with E-state index in [4.69, 9.17) is 0 Å². The fourth-order valence-electron chi connectivity index (χ4n) is 0.116. The van der Waals surface area contributed by atoms with Gasteiger partial charge in [-0.15, -0.1) is 0 Å². The molecule has 0 aliphatic carbocycles. The topological polar surface area (TPSA) is 40.1 Å². The minimum atomic E-state index is -4.74. The molecule has 0 saturated heterocycles. The molecule has 0 N–H and O–H groups in total. The molecule has 0 amide bonds. The van der Waals surface area contributed by atoms with Crippen molar-refractivity contribution in [2.45, 2.75) is 20.0 Å². The Kier molecular flexibility index (Phi) is 1.98. The Morgan fingerprint density at radius 1 is 1.30 bits per heavy atom. The summed E-state index contributed by atoms with van der Waals surface area (Å²) < 4.78 is 35.0. The molecule has 0 rings (SSSR count). The van der Waals surface area contributed by atoms with Crippen LogP contribution in [-0.4, -0.2) is 12.1 Å². The molecule has 0 aromatic rings. The lowest BCUT2D eigenvalue weighted by atomic mass is 9.93. The van der Waals surface area contributed by atoms with Crippen molar-refractivity contribution >= 4 is 5.97 Å². The van der Waals surface area contributed by atoms with Gasteiger partial charge in [0.15, 0.2) is 0 Å². The number of hydrogen-bond acceptors (Lipinski definition) is 2. The van der Waals surface area contributed by atoms with E-state index in [0.29, 0.717) is 13.8 Å². The molecule has 0 fully saturated rings. The number of carbonyl (C=O) groups is 1. The van der Waals surface area contributed by atoms with Gasteiger partial charge in [-0.2, -0.15) is 13.2 Å². The first kappa shape index (κ1) is 9.26. The SMILES string of the molecule is CC(C)(C(=O)[O-])C(F)(F)F. The van der Waals surface area contributed by atoms with Crippen molar-refractivity contribution in [2.75, 3.05) is 0 Å². The molecular formula is C5H6F3O2-. The number of alkyl halides is 3. The molecular weight excluding hydrogens is 149 g/mol. The zero-order valence-corrected chi connectivity index (χ0v) is 5.45. The second-order valence-corrected chi connectivity index (χ2v) is 2.41. The Hall–Kier alpha value is -0.740. The Morgan fingerprint density at radius 3 is 1.60 bits per heavy atom. The van der Waals surface area contributed by atoms with Gasteiger partial charge in [0.25, 0.3) is 0 Å². The van der Waals surface area contributed by atoms with Gasteiger partial charge in [-0.05, 0) is 13.8 Å². The fraction of sp³-hybridized carbons (Fsp3) is 0.800. The third kappa shape index (κ3) is 1.40. The lowest BCUT2D eigenvalue weighted by Gasteiger charge is -2.28. The molecule has 0 spiro atoms. The Morgan fingerprint density at radius 2 is 1.60 bits per heavy atom. The Balaban J connectivity index is 4.57. The second-order valence-electron chi connectivity index (χ2n) is 2.41. The van der Waals surface area contributed by atoms with Gasteiger partial charge in [0.05, 0.1) is 11.4 Å². The number of carbonyl (C=O) groups excluding carboxylic acids is 1. The zero-order valence-electron chi connectivity index (χ0n) is 5.45. The average molecular weight is 155 g/mol. The van der Waals surface area contributed by atoms with Gasteiger partial charge in [-0.3, -0.25) is 0 Å². The van der Waals surface area contributed by atoms with Crippen molar-refractivity contribution in [3.8, 4) is 0 Å². The highest BCUT2D eigenvalue weighted by Crippen LogP contribution is 2.36. The van der Waals surface area contributed by atoms with Crippen molar-refractivity contribution in [3.05, 3.63) is 0 Å². The van der Waals surface area contributed by atoms with Crippen LogP contribution in [0.5, 0.6) is 0 Å². The fourth-order valence-corrected chi connectivity index (χ4v) is 0.116. The van der Waals surface area contributed by atoms with Crippen molar-refractivity contribution < 1.29 is 23.1 Å². The van der Waals surface area contributed by atoms with Gasteiger partial charge in [0.2, 0.25) is 0 Å². The molecule has 0 bridgehead atoms. The van der Waals surface area contributed by atoms with Gasteiger partial charge >= 0.3 is 6.18 Å². The maximum Gasteiger partial charge on any atom is 0.399 e. The van der Waals surface area contributed by atoms with Crippen LogP contribution < -0.4 is 5.11 Å². The molecule has 0 aliphatic heterocycles. The molecule has 0 radical (unpaired) electrons. The van der Waals surface area contributed by atoms with E-state index in [0.717, 1.165) is 0 Å². The van der Waals surface area contributed by atoms with Crippen LogP contribution in [0, 0.1) is 5.41 Å². The first-order chi connectivity index (χ1) is 4.19. The molecule has 0 heterocycles. The normalized spacial score (nSPS) is 13.3. The van der Waals surface area contributed by atoms with E-state index in [-0.39, 0.29) is 0 Å². The molecule has 60 valence electrons. The Bertz CT molecular complexity index is 147. The molecule has 0 aromatic heterocycles. The summed E-state index contributed by atoms with van der Waals surface area (Å²) in [7, 11) is 0. The highest BCUT2D eigenvalue weighted by atomic mass is 19.4. The molecule has 0 aliphatic rings. The molecule has 0 atom stereocenters. The second kappa shape index (κ2) is 2.14. The van der Waals surface area contributed by atoms with E-state index in [1.165, 1.54) is 0 Å². The largest absolute Gasteiger partial charge is 0.549 e. The monoisotopic (exact) mass is 155 g/mol. The van der Waals surface area contributed by atoms with E-state index in [2.05, 4.69) is 0 Å². The van der Waals surface area contributed by atoms with Gasteiger partial charge in [0, 0.05) is 0 Å². The van der Waals surface area contributed by atoms with Gasteiger partial charge in [-0.1, -0.05) is 0 Å². The van der Waals surface area contributed by atoms with E-state index in [9.17, 15) is 23.1 Å². The molecule has 2 nitrogen and oxygen atoms in total. The van der Waals surface area contributed by atoms with Crippen LogP contribution in [-0.2, 0) is 4.79 Å². The Labute approximate surface area is 55.7 Å². The van der Waals surface area contributed by atoms with Crippen molar-refractivity contribution in [1.82, 2.24) is 0 Å². The number of rotatable bonds is 1. The van der Waals surface area contributed by atoms with Crippen LogP contribution in [0.25, 0.3) is 0 Å². The van der Waals surface area contributed by atoms with Crippen molar-refractivity contribution in [1.29, 1.82) is 0 Å².